The number of amides is 3. The van der Waals surface area contributed by atoms with Crippen LogP contribution in [0, 0.1) is 5.41 Å². The molecule has 4 rings (SSSR count). The molecule has 2 heterocycles. The Balaban J connectivity index is 1.59. The molecule has 3 amide bonds. The van der Waals surface area contributed by atoms with Gasteiger partial charge in [0.2, 0.25) is 5.91 Å². The van der Waals surface area contributed by atoms with E-state index in [0.29, 0.717) is 17.8 Å². The lowest BCUT2D eigenvalue weighted by atomic mass is 9.73. The Kier molecular flexibility index (Phi) is 7.91. The number of carboxylic acid groups (broad SMARTS) is 1. The Morgan fingerprint density at radius 3 is 2.24 bits per heavy atom. The molecule has 2 unspecified atom stereocenters. The number of alkyl halides is 6. The second-order valence-corrected chi connectivity index (χ2v) is 9.68. The van der Waals surface area contributed by atoms with E-state index in [2.05, 4.69) is 5.10 Å². The molecule has 0 bridgehead atoms. The Bertz CT molecular complexity index is 1330. The van der Waals surface area contributed by atoms with E-state index < -0.39 is 59.3 Å². The number of nitrogens with one attached hydrogen (secondary N) is 1. The van der Waals surface area contributed by atoms with Gasteiger partial charge in [0.25, 0.3) is 5.91 Å². The first kappa shape index (κ1) is 29.7. The van der Waals surface area contributed by atoms with E-state index in [1.807, 2.05) is 5.32 Å². The molecule has 9 nitrogen and oxygen atoms in total. The zero-order valence-electron chi connectivity index (χ0n) is 21.4. The van der Waals surface area contributed by atoms with Crippen molar-refractivity contribution in [3.05, 3.63) is 65.2 Å². The van der Waals surface area contributed by atoms with E-state index in [1.165, 1.54) is 17.0 Å². The number of likely N-dealkylation sites (tertiary alicyclic amines) is 1. The van der Waals surface area contributed by atoms with Crippen molar-refractivity contribution < 1.29 is 50.6 Å². The Hall–Kier alpha value is -4.30. The van der Waals surface area contributed by atoms with Crippen LogP contribution in [0.1, 0.15) is 23.1 Å². The fourth-order valence-electron chi connectivity index (χ4n) is 4.95. The van der Waals surface area contributed by atoms with Crippen LogP contribution in [0.3, 0.4) is 0 Å². The van der Waals surface area contributed by atoms with E-state index in [-0.39, 0.29) is 37.9 Å². The van der Waals surface area contributed by atoms with Crippen LogP contribution >= 0.6 is 0 Å². The summed E-state index contributed by atoms with van der Waals surface area (Å²) in [6.45, 7) is -1.06. The minimum absolute atomic E-state index is 0.0366. The number of fused-ring (bicyclic) bond motifs is 1. The molecule has 220 valence electrons. The summed E-state index contributed by atoms with van der Waals surface area (Å²) in [6.07, 6.45) is -11.6. The smallest absolute Gasteiger partial charge is 0.416 e. The maximum Gasteiger partial charge on any atom is 0.416 e. The van der Waals surface area contributed by atoms with Crippen LogP contribution in [0.5, 0.6) is 5.75 Å². The molecule has 0 aliphatic carbocycles. The number of hydrogen-bond acceptors (Lipinski definition) is 5. The van der Waals surface area contributed by atoms with Crippen molar-refractivity contribution in [2.75, 3.05) is 26.7 Å². The largest absolute Gasteiger partial charge is 0.491 e. The fraction of sp³-hybridized carbons (Fsp3) is 0.385. The van der Waals surface area contributed by atoms with Crippen molar-refractivity contribution in [2.24, 2.45) is 10.5 Å². The van der Waals surface area contributed by atoms with Gasteiger partial charge in [0.05, 0.1) is 16.8 Å². The minimum atomic E-state index is -5.13. The Morgan fingerprint density at radius 1 is 1.07 bits per heavy atom. The number of nitrogens with zero attached hydrogens (tertiary/aromatic N) is 3. The minimum Gasteiger partial charge on any atom is -0.491 e. The molecular weight excluding hydrogens is 562 g/mol. The predicted octanol–water partition coefficient (Wildman–Crippen LogP) is 4.03. The van der Waals surface area contributed by atoms with Gasteiger partial charge in [0, 0.05) is 26.6 Å². The van der Waals surface area contributed by atoms with Crippen LogP contribution < -0.4 is 10.1 Å². The number of halogens is 6. The second-order valence-electron chi connectivity index (χ2n) is 9.68. The zero-order chi connectivity index (χ0) is 30.2. The lowest BCUT2D eigenvalue weighted by Crippen LogP contribution is -2.59. The number of benzene rings is 2. The molecule has 0 saturated carbocycles. The maximum atomic E-state index is 13.5. The first-order chi connectivity index (χ1) is 19.1. The summed E-state index contributed by atoms with van der Waals surface area (Å²) in [5.41, 5.74) is -3.18. The molecule has 1 saturated heterocycles. The van der Waals surface area contributed by atoms with Crippen molar-refractivity contribution in [1.29, 1.82) is 0 Å². The van der Waals surface area contributed by atoms with Crippen molar-refractivity contribution >= 4 is 23.6 Å². The lowest BCUT2D eigenvalue weighted by molar-refractivity contribution is -0.144. The van der Waals surface area contributed by atoms with Gasteiger partial charge >= 0.3 is 18.4 Å². The van der Waals surface area contributed by atoms with E-state index in [0.717, 1.165) is 5.56 Å². The monoisotopic (exact) mass is 586 g/mol. The number of hydrogen-bond donors (Lipinski definition) is 2. The quantitative estimate of drug-likeness (QED) is 0.476. The molecule has 0 radical (unpaired) electrons. The third-order valence-corrected chi connectivity index (χ3v) is 6.84. The van der Waals surface area contributed by atoms with Gasteiger partial charge in [-0.1, -0.05) is 30.3 Å². The number of piperidine rings is 1. The van der Waals surface area contributed by atoms with Gasteiger partial charge in [0.1, 0.15) is 23.8 Å². The molecule has 2 aliphatic heterocycles. The Labute approximate surface area is 229 Å². The van der Waals surface area contributed by atoms with Crippen LogP contribution in [-0.2, 0) is 28.4 Å². The number of carbonyl (C=O) groups excluding carboxylic acids is 2. The highest BCUT2D eigenvalue weighted by molar-refractivity contribution is 6.13. The molecule has 2 N–H and O–H groups in total. The summed E-state index contributed by atoms with van der Waals surface area (Å²) >= 11 is 0. The van der Waals surface area contributed by atoms with E-state index in [9.17, 15) is 45.8 Å². The highest BCUT2D eigenvalue weighted by Gasteiger charge is 2.54. The highest BCUT2D eigenvalue weighted by atomic mass is 19.4. The molecule has 2 aromatic rings. The topological polar surface area (TPSA) is 112 Å². The Morgan fingerprint density at radius 2 is 1.68 bits per heavy atom. The summed E-state index contributed by atoms with van der Waals surface area (Å²) in [7, 11) is 1.47. The molecule has 2 aliphatic rings. The van der Waals surface area contributed by atoms with Crippen LogP contribution in [-0.4, -0.2) is 71.4 Å². The van der Waals surface area contributed by atoms with Crippen LogP contribution in [0.25, 0.3) is 0 Å². The average molecular weight is 586 g/mol. The molecule has 0 spiro atoms. The molecule has 15 heteroatoms. The summed E-state index contributed by atoms with van der Waals surface area (Å²) in [6, 6.07) is 7.79. The standard InChI is InChI=1S/C26H24F6N4O5/c1-35-22(38)24(12-15-5-3-2-4-6-15)14-36(8-7-20(24)34-35)21(37)19(33-23(39)40)13-41-18-10-16(25(27,28)29)9-17(11-18)26(30,31)32/h2-6,9-11,19,33H,7-8,12-14H2,1H3,(H,39,40). The molecule has 2 aromatic carbocycles. The first-order valence-electron chi connectivity index (χ1n) is 12.2. The first-order valence-corrected chi connectivity index (χ1v) is 12.2. The van der Waals surface area contributed by atoms with Crippen LogP contribution in [0.2, 0.25) is 0 Å². The van der Waals surface area contributed by atoms with Gasteiger partial charge in [0.15, 0.2) is 0 Å². The molecule has 1 fully saturated rings. The molecule has 41 heavy (non-hydrogen) atoms. The van der Waals surface area contributed by atoms with Crippen molar-refractivity contribution in [1.82, 2.24) is 15.2 Å². The fourth-order valence-corrected chi connectivity index (χ4v) is 4.95. The summed E-state index contributed by atoms with van der Waals surface area (Å²) in [5.74, 6) is -2.11. The lowest BCUT2D eigenvalue weighted by Gasteiger charge is -2.40. The predicted molar refractivity (Wildman–Crippen MR) is 131 cm³/mol. The number of hydrazone groups is 1. The normalized spacial score (nSPS) is 19.9. The van der Waals surface area contributed by atoms with Gasteiger partial charge in [-0.25, -0.2) is 9.80 Å². The van der Waals surface area contributed by atoms with Gasteiger partial charge in [-0.3, -0.25) is 9.59 Å². The van der Waals surface area contributed by atoms with Gasteiger partial charge in [-0.2, -0.15) is 31.4 Å². The highest BCUT2D eigenvalue weighted by Crippen LogP contribution is 2.39. The second kappa shape index (κ2) is 10.9. The van der Waals surface area contributed by atoms with Crippen molar-refractivity contribution in [2.45, 2.75) is 31.2 Å². The van der Waals surface area contributed by atoms with Crippen molar-refractivity contribution in [3.8, 4) is 5.75 Å². The number of ether oxygens (including phenoxy) is 1. The molecular formula is C26H24F6N4O5. The van der Waals surface area contributed by atoms with E-state index in [4.69, 9.17) is 4.74 Å². The van der Waals surface area contributed by atoms with Crippen molar-refractivity contribution in [3.63, 3.8) is 0 Å². The number of carbonyl (C=O) groups is 3. The third-order valence-electron chi connectivity index (χ3n) is 6.84. The molecule has 0 aromatic heterocycles. The maximum absolute atomic E-state index is 13.5. The summed E-state index contributed by atoms with van der Waals surface area (Å²) < 4.78 is 84.5. The SMILES string of the molecule is CN1N=C2CCN(C(=O)C(COc3cc(C(F)(F)F)cc(C(F)(F)F)c3)NC(=O)O)CC2(Cc2ccccc2)C1=O. The zero-order valence-corrected chi connectivity index (χ0v) is 21.4. The summed E-state index contributed by atoms with van der Waals surface area (Å²) in [5, 5.41) is 16.7. The van der Waals surface area contributed by atoms with E-state index in [1.54, 1.807) is 30.3 Å². The van der Waals surface area contributed by atoms with Gasteiger partial charge in [-0.05, 0) is 30.2 Å². The van der Waals surface area contributed by atoms with Crippen LogP contribution in [0.4, 0.5) is 31.1 Å². The van der Waals surface area contributed by atoms with Gasteiger partial charge < -0.3 is 20.1 Å². The number of rotatable bonds is 7. The van der Waals surface area contributed by atoms with E-state index >= 15 is 0 Å². The van der Waals surface area contributed by atoms with Gasteiger partial charge in [-0.15, -0.1) is 0 Å². The van der Waals surface area contributed by atoms with Crippen LogP contribution in [0.15, 0.2) is 53.6 Å². The summed E-state index contributed by atoms with van der Waals surface area (Å²) in [4.78, 5) is 39.4. The molecule has 2 atom stereocenters. The third kappa shape index (κ3) is 6.38. The average Bonchev–Trinajstić information content (AvgIpc) is 3.14.